The molecule has 2 rings (SSSR count). The summed E-state index contributed by atoms with van der Waals surface area (Å²) in [7, 11) is 3.64. The van der Waals surface area contributed by atoms with Crippen LogP contribution in [0.25, 0.3) is 0 Å². The Morgan fingerprint density at radius 1 is 1.10 bits per heavy atom. The van der Waals surface area contributed by atoms with E-state index in [9.17, 15) is 4.79 Å². The maximum absolute atomic E-state index is 11.0. The SMILES string of the molecule is COc1cccc(N(C)c2ccc(NC(C)=O)cc2)c1. The first-order chi connectivity index (χ1) is 9.60. The van der Waals surface area contributed by atoms with Crippen molar-refractivity contribution in [3.8, 4) is 5.75 Å². The molecule has 0 aliphatic carbocycles. The number of carbonyl (C=O) groups is 1. The van der Waals surface area contributed by atoms with Crippen LogP contribution < -0.4 is 15.0 Å². The number of anilines is 3. The molecule has 0 atom stereocenters. The van der Waals surface area contributed by atoms with E-state index in [0.717, 1.165) is 22.8 Å². The Bertz CT molecular complexity index is 594. The first-order valence-corrected chi connectivity index (χ1v) is 6.35. The molecule has 4 heteroatoms. The van der Waals surface area contributed by atoms with Gasteiger partial charge in [-0.25, -0.2) is 0 Å². The van der Waals surface area contributed by atoms with E-state index in [0.29, 0.717) is 0 Å². The molecule has 0 bridgehead atoms. The van der Waals surface area contributed by atoms with E-state index in [2.05, 4.69) is 10.2 Å². The van der Waals surface area contributed by atoms with Gasteiger partial charge in [0.25, 0.3) is 0 Å². The highest BCUT2D eigenvalue weighted by Gasteiger charge is 2.05. The largest absolute Gasteiger partial charge is 0.497 e. The summed E-state index contributed by atoms with van der Waals surface area (Å²) in [6, 6.07) is 15.6. The summed E-state index contributed by atoms with van der Waals surface area (Å²) in [5, 5.41) is 2.75. The topological polar surface area (TPSA) is 41.6 Å². The van der Waals surface area contributed by atoms with E-state index < -0.39 is 0 Å². The standard InChI is InChI=1S/C16H18N2O2/c1-12(19)17-13-7-9-14(10-8-13)18(2)15-5-4-6-16(11-15)20-3/h4-11H,1-3H3,(H,17,19). The van der Waals surface area contributed by atoms with Crippen molar-refractivity contribution in [2.75, 3.05) is 24.4 Å². The van der Waals surface area contributed by atoms with Gasteiger partial charge in [-0.1, -0.05) is 6.07 Å². The Hall–Kier alpha value is -2.49. The van der Waals surface area contributed by atoms with Crippen LogP contribution in [-0.4, -0.2) is 20.1 Å². The van der Waals surface area contributed by atoms with Gasteiger partial charge in [-0.2, -0.15) is 0 Å². The summed E-state index contributed by atoms with van der Waals surface area (Å²) in [5.74, 6) is 0.753. The van der Waals surface area contributed by atoms with Gasteiger partial charge in [-0.3, -0.25) is 4.79 Å². The van der Waals surface area contributed by atoms with Crippen LogP contribution in [-0.2, 0) is 4.79 Å². The molecule has 0 saturated heterocycles. The van der Waals surface area contributed by atoms with Crippen LogP contribution in [0.4, 0.5) is 17.1 Å². The minimum atomic E-state index is -0.0705. The number of nitrogens with one attached hydrogen (secondary N) is 1. The lowest BCUT2D eigenvalue weighted by atomic mass is 10.2. The molecule has 1 N–H and O–H groups in total. The number of ether oxygens (including phenoxy) is 1. The third-order valence-corrected chi connectivity index (χ3v) is 3.02. The lowest BCUT2D eigenvalue weighted by Crippen LogP contribution is -2.10. The van der Waals surface area contributed by atoms with Crippen LogP contribution in [0.3, 0.4) is 0 Å². The van der Waals surface area contributed by atoms with Gasteiger partial charge < -0.3 is 15.0 Å². The fraction of sp³-hybridized carbons (Fsp3) is 0.188. The average molecular weight is 270 g/mol. The molecule has 2 aromatic rings. The second-order valence-corrected chi connectivity index (χ2v) is 4.49. The highest BCUT2D eigenvalue weighted by Crippen LogP contribution is 2.27. The van der Waals surface area contributed by atoms with E-state index in [4.69, 9.17) is 4.74 Å². The van der Waals surface area contributed by atoms with Crippen LogP contribution in [0, 0.1) is 0 Å². The van der Waals surface area contributed by atoms with Crippen LogP contribution in [0.1, 0.15) is 6.92 Å². The van der Waals surface area contributed by atoms with Crippen molar-refractivity contribution >= 4 is 23.0 Å². The molecular formula is C16H18N2O2. The molecule has 0 heterocycles. The zero-order valence-electron chi connectivity index (χ0n) is 11.9. The van der Waals surface area contributed by atoms with E-state index >= 15 is 0 Å². The number of nitrogens with zero attached hydrogens (tertiary/aromatic N) is 1. The Kier molecular flexibility index (Phi) is 4.25. The highest BCUT2D eigenvalue weighted by molar-refractivity contribution is 5.88. The number of benzene rings is 2. The highest BCUT2D eigenvalue weighted by atomic mass is 16.5. The first-order valence-electron chi connectivity index (χ1n) is 6.35. The maximum atomic E-state index is 11.0. The maximum Gasteiger partial charge on any atom is 0.221 e. The van der Waals surface area contributed by atoms with E-state index in [1.807, 2.05) is 55.6 Å². The fourth-order valence-corrected chi connectivity index (χ4v) is 1.94. The summed E-state index contributed by atoms with van der Waals surface area (Å²) in [6.45, 7) is 1.50. The van der Waals surface area contributed by atoms with Gasteiger partial charge in [0, 0.05) is 37.1 Å². The minimum absolute atomic E-state index is 0.0705. The first kappa shape index (κ1) is 13.9. The number of amides is 1. The van der Waals surface area contributed by atoms with E-state index in [1.54, 1.807) is 7.11 Å². The molecule has 104 valence electrons. The Morgan fingerprint density at radius 2 is 1.80 bits per heavy atom. The van der Waals surface area contributed by atoms with Gasteiger partial charge in [0.2, 0.25) is 5.91 Å². The number of carbonyl (C=O) groups excluding carboxylic acids is 1. The van der Waals surface area contributed by atoms with Crippen LogP contribution in [0.2, 0.25) is 0 Å². The molecule has 0 radical (unpaired) electrons. The van der Waals surface area contributed by atoms with Crippen molar-refractivity contribution in [2.24, 2.45) is 0 Å². The molecule has 0 saturated carbocycles. The van der Waals surface area contributed by atoms with Crippen molar-refractivity contribution in [2.45, 2.75) is 6.92 Å². The number of hydrogen-bond donors (Lipinski definition) is 1. The Morgan fingerprint density at radius 3 is 2.40 bits per heavy atom. The molecule has 0 aromatic heterocycles. The molecule has 0 aliphatic heterocycles. The molecule has 1 amide bonds. The van der Waals surface area contributed by atoms with E-state index in [1.165, 1.54) is 6.92 Å². The molecule has 0 spiro atoms. The zero-order valence-corrected chi connectivity index (χ0v) is 11.9. The minimum Gasteiger partial charge on any atom is -0.497 e. The Labute approximate surface area is 119 Å². The average Bonchev–Trinajstić information content (AvgIpc) is 2.47. The van der Waals surface area contributed by atoms with Crippen LogP contribution in [0.5, 0.6) is 5.75 Å². The predicted molar refractivity (Wildman–Crippen MR) is 81.8 cm³/mol. The number of hydrogen-bond acceptors (Lipinski definition) is 3. The van der Waals surface area contributed by atoms with Gasteiger partial charge in [-0.05, 0) is 36.4 Å². The van der Waals surface area contributed by atoms with E-state index in [-0.39, 0.29) is 5.91 Å². The van der Waals surface area contributed by atoms with Gasteiger partial charge >= 0.3 is 0 Å². The van der Waals surface area contributed by atoms with Gasteiger partial charge in [0.05, 0.1) is 7.11 Å². The van der Waals surface area contributed by atoms with Crippen LogP contribution >= 0.6 is 0 Å². The lowest BCUT2D eigenvalue weighted by Gasteiger charge is -2.20. The normalized spacial score (nSPS) is 9.95. The molecule has 20 heavy (non-hydrogen) atoms. The third kappa shape index (κ3) is 3.29. The quantitative estimate of drug-likeness (QED) is 0.925. The molecule has 0 aliphatic rings. The summed E-state index contributed by atoms with van der Waals surface area (Å²) in [5.41, 5.74) is 2.87. The van der Waals surface area contributed by atoms with Crippen molar-refractivity contribution < 1.29 is 9.53 Å². The van der Waals surface area contributed by atoms with Gasteiger partial charge in [0.15, 0.2) is 0 Å². The molecule has 4 nitrogen and oxygen atoms in total. The van der Waals surface area contributed by atoms with Gasteiger partial charge in [-0.15, -0.1) is 0 Å². The number of methoxy groups -OCH3 is 1. The van der Waals surface area contributed by atoms with Crippen molar-refractivity contribution in [1.29, 1.82) is 0 Å². The second-order valence-electron chi connectivity index (χ2n) is 4.49. The zero-order chi connectivity index (χ0) is 14.5. The summed E-state index contributed by atoms with van der Waals surface area (Å²) < 4.78 is 5.23. The molecule has 0 fully saturated rings. The summed E-state index contributed by atoms with van der Waals surface area (Å²) in [6.07, 6.45) is 0. The lowest BCUT2D eigenvalue weighted by molar-refractivity contribution is -0.114. The van der Waals surface area contributed by atoms with Gasteiger partial charge in [0.1, 0.15) is 5.75 Å². The summed E-state index contributed by atoms with van der Waals surface area (Å²) in [4.78, 5) is 13.0. The monoisotopic (exact) mass is 270 g/mol. The van der Waals surface area contributed by atoms with Crippen molar-refractivity contribution in [3.63, 3.8) is 0 Å². The smallest absolute Gasteiger partial charge is 0.221 e. The summed E-state index contributed by atoms with van der Waals surface area (Å²) >= 11 is 0. The molecule has 0 unspecified atom stereocenters. The fourth-order valence-electron chi connectivity index (χ4n) is 1.94. The van der Waals surface area contributed by atoms with Crippen molar-refractivity contribution in [3.05, 3.63) is 48.5 Å². The van der Waals surface area contributed by atoms with Crippen LogP contribution in [0.15, 0.2) is 48.5 Å². The Balaban J connectivity index is 2.19. The van der Waals surface area contributed by atoms with Crippen molar-refractivity contribution in [1.82, 2.24) is 0 Å². The predicted octanol–water partition coefficient (Wildman–Crippen LogP) is 3.42. The molecular weight excluding hydrogens is 252 g/mol. The third-order valence-electron chi connectivity index (χ3n) is 3.02. The number of rotatable bonds is 4. The second kappa shape index (κ2) is 6.10. The molecule has 2 aromatic carbocycles.